The van der Waals surface area contributed by atoms with Crippen LogP contribution in [-0.4, -0.2) is 15.0 Å². The average molecular weight is 638 g/mol. The summed E-state index contributed by atoms with van der Waals surface area (Å²) >= 11 is 0. The molecule has 0 spiro atoms. The summed E-state index contributed by atoms with van der Waals surface area (Å²) in [5.41, 5.74) is 9.67. The molecule has 0 atom stereocenters. The van der Waals surface area contributed by atoms with Crippen LogP contribution in [0.15, 0.2) is 188 Å². The van der Waals surface area contributed by atoms with Crippen LogP contribution in [0.3, 0.4) is 0 Å². The van der Waals surface area contributed by atoms with E-state index in [9.17, 15) is 0 Å². The number of hydrogen-bond acceptors (Lipinski definition) is 3. The van der Waals surface area contributed by atoms with Gasteiger partial charge in [0.15, 0.2) is 17.5 Å². The summed E-state index contributed by atoms with van der Waals surface area (Å²) in [6.07, 6.45) is 0. The van der Waals surface area contributed by atoms with Crippen LogP contribution in [0.2, 0.25) is 0 Å². The molecule has 0 aliphatic carbocycles. The lowest BCUT2D eigenvalue weighted by Gasteiger charge is -2.14. The standard InChI is InChI=1S/C47H31N3/c1-4-15-32(16-5-1)38-28-39(35-22-14-23-36(27-35)44-31-37-21-10-11-24-41(37)42-25-12-13-26-43(42)44)30-40(29-38)47-49-45(33-17-6-2-7-18-33)48-46(50-47)34-19-8-3-9-20-34/h1-31H. The van der Waals surface area contributed by atoms with Crippen molar-refractivity contribution in [2.24, 2.45) is 0 Å². The van der Waals surface area contributed by atoms with Gasteiger partial charge < -0.3 is 0 Å². The molecule has 0 amide bonds. The molecule has 0 unspecified atom stereocenters. The number of rotatable bonds is 6. The van der Waals surface area contributed by atoms with E-state index in [1.807, 2.05) is 60.7 Å². The molecule has 234 valence electrons. The Morgan fingerprint density at radius 1 is 0.240 bits per heavy atom. The van der Waals surface area contributed by atoms with Crippen LogP contribution < -0.4 is 0 Å². The molecule has 3 heteroatoms. The maximum Gasteiger partial charge on any atom is 0.164 e. The quantitative estimate of drug-likeness (QED) is 0.170. The third kappa shape index (κ3) is 5.61. The molecule has 0 saturated heterocycles. The zero-order chi connectivity index (χ0) is 33.3. The zero-order valence-electron chi connectivity index (χ0n) is 27.2. The Balaban J connectivity index is 1.24. The minimum Gasteiger partial charge on any atom is -0.208 e. The second-order valence-electron chi connectivity index (χ2n) is 12.5. The summed E-state index contributed by atoms with van der Waals surface area (Å²) in [7, 11) is 0. The summed E-state index contributed by atoms with van der Waals surface area (Å²) in [4.78, 5) is 15.1. The molecule has 0 fully saturated rings. The lowest BCUT2D eigenvalue weighted by molar-refractivity contribution is 1.07. The molecule has 8 aromatic carbocycles. The summed E-state index contributed by atoms with van der Waals surface area (Å²) < 4.78 is 0. The van der Waals surface area contributed by atoms with Gasteiger partial charge in [-0.1, -0.05) is 158 Å². The molecule has 0 bridgehead atoms. The molecular formula is C47H31N3. The summed E-state index contributed by atoms with van der Waals surface area (Å²) in [6, 6.07) is 66.0. The van der Waals surface area contributed by atoms with Crippen molar-refractivity contribution in [3.63, 3.8) is 0 Å². The summed E-state index contributed by atoms with van der Waals surface area (Å²) in [5.74, 6) is 1.92. The van der Waals surface area contributed by atoms with Gasteiger partial charge in [-0.05, 0) is 85.3 Å². The van der Waals surface area contributed by atoms with E-state index < -0.39 is 0 Å². The summed E-state index contributed by atoms with van der Waals surface area (Å²) in [5, 5.41) is 5.01. The molecule has 0 radical (unpaired) electrons. The molecule has 0 saturated carbocycles. The van der Waals surface area contributed by atoms with Crippen molar-refractivity contribution < 1.29 is 0 Å². The highest BCUT2D eigenvalue weighted by Crippen LogP contribution is 2.38. The van der Waals surface area contributed by atoms with Crippen LogP contribution in [-0.2, 0) is 0 Å². The van der Waals surface area contributed by atoms with E-state index in [4.69, 9.17) is 15.0 Å². The van der Waals surface area contributed by atoms with Crippen molar-refractivity contribution in [3.05, 3.63) is 188 Å². The third-order valence-electron chi connectivity index (χ3n) is 9.27. The highest BCUT2D eigenvalue weighted by molar-refractivity contribution is 6.13. The Kier molecular flexibility index (Phi) is 7.49. The van der Waals surface area contributed by atoms with Crippen molar-refractivity contribution in [2.45, 2.75) is 0 Å². The Labute approximate surface area is 291 Å². The number of nitrogens with zero attached hydrogens (tertiary/aromatic N) is 3. The Hall–Kier alpha value is -6.71. The lowest BCUT2D eigenvalue weighted by atomic mass is 9.91. The molecule has 9 rings (SSSR count). The van der Waals surface area contributed by atoms with Gasteiger partial charge in [0.1, 0.15) is 0 Å². The van der Waals surface area contributed by atoms with Crippen molar-refractivity contribution in [3.8, 4) is 67.5 Å². The smallest absolute Gasteiger partial charge is 0.164 e. The molecule has 50 heavy (non-hydrogen) atoms. The van der Waals surface area contributed by atoms with E-state index in [0.29, 0.717) is 17.5 Å². The van der Waals surface area contributed by atoms with E-state index in [-0.39, 0.29) is 0 Å². The van der Waals surface area contributed by atoms with Crippen LogP contribution in [0.1, 0.15) is 0 Å². The van der Waals surface area contributed by atoms with Crippen LogP contribution in [0.5, 0.6) is 0 Å². The monoisotopic (exact) mass is 637 g/mol. The lowest BCUT2D eigenvalue weighted by Crippen LogP contribution is -2.00. The predicted molar refractivity (Wildman–Crippen MR) is 207 cm³/mol. The highest BCUT2D eigenvalue weighted by Gasteiger charge is 2.16. The van der Waals surface area contributed by atoms with Gasteiger partial charge >= 0.3 is 0 Å². The number of fused-ring (bicyclic) bond motifs is 3. The number of hydrogen-bond donors (Lipinski definition) is 0. The fourth-order valence-corrected chi connectivity index (χ4v) is 6.82. The van der Waals surface area contributed by atoms with Gasteiger partial charge in [-0.15, -0.1) is 0 Å². The van der Waals surface area contributed by atoms with Gasteiger partial charge in [0.2, 0.25) is 0 Å². The Bertz CT molecular complexity index is 2570. The van der Waals surface area contributed by atoms with E-state index in [0.717, 1.165) is 38.9 Å². The van der Waals surface area contributed by atoms with Gasteiger partial charge in [-0.2, -0.15) is 0 Å². The number of benzene rings is 8. The Morgan fingerprint density at radius 3 is 1.30 bits per heavy atom. The molecule has 0 aliphatic heterocycles. The number of aromatic nitrogens is 3. The highest BCUT2D eigenvalue weighted by atomic mass is 15.0. The van der Waals surface area contributed by atoms with Crippen molar-refractivity contribution in [1.82, 2.24) is 15.0 Å². The minimum absolute atomic E-state index is 0.633. The van der Waals surface area contributed by atoms with Gasteiger partial charge in [0, 0.05) is 16.7 Å². The molecule has 9 aromatic rings. The fourth-order valence-electron chi connectivity index (χ4n) is 6.82. The van der Waals surface area contributed by atoms with Gasteiger partial charge in [-0.3, -0.25) is 0 Å². The van der Waals surface area contributed by atoms with Gasteiger partial charge in [0.05, 0.1) is 0 Å². The second-order valence-corrected chi connectivity index (χ2v) is 12.5. The SMILES string of the molecule is c1ccc(-c2cc(-c3cccc(-c4cc5ccccc5c5ccccc45)c3)cc(-c3nc(-c4ccccc4)nc(-c4ccccc4)n3)c2)cc1. The molecule has 3 nitrogen and oxygen atoms in total. The molecule has 1 heterocycles. The minimum atomic E-state index is 0.633. The van der Waals surface area contributed by atoms with Crippen LogP contribution in [0, 0.1) is 0 Å². The first-order valence-electron chi connectivity index (χ1n) is 16.9. The van der Waals surface area contributed by atoms with Gasteiger partial charge in [-0.25, -0.2) is 15.0 Å². The molecule has 0 N–H and O–H groups in total. The fraction of sp³-hybridized carbons (Fsp3) is 0. The largest absolute Gasteiger partial charge is 0.208 e. The van der Waals surface area contributed by atoms with Crippen molar-refractivity contribution in [1.29, 1.82) is 0 Å². The average Bonchev–Trinajstić information content (AvgIpc) is 3.21. The topological polar surface area (TPSA) is 38.7 Å². The van der Waals surface area contributed by atoms with Crippen LogP contribution in [0.4, 0.5) is 0 Å². The first kappa shape index (κ1) is 29.4. The molecular weight excluding hydrogens is 607 g/mol. The van der Waals surface area contributed by atoms with Crippen LogP contribution in [0.25, 0.3) is 89.1 Å². The van der Waals surface area contributed by atoms with Crippen molar-refractivity contribution in [2.75, 3.05) is 0 Å². The van der Waals surface area contributed by atoms with Crippen molar-refractivity contribution >= 4 is 21.5 Å². The summed E-state index contributed by atoms with van der Waals surface area (Å²) in [6.45, 7) is 0. The van der Waals surface area contributed by atoms with E-state index in [1.165, 1.54) is 32.7 Å². The zero-order valence-corrected chi connectivity index (χ0v) is 27.2. The van der Waals surface area contributed by atoms with Gasteiger partial charge in [0.25, 0.3) is 0 Å². The van der Waals surface area contributed by atoms with E-state index >= 15 is 0 Å². The van der Waals surface area contributed by atoms with E-state index in [2.05, 4.69) is 127 Å². The molecule has 1 aromatic heterocycles. The first-order chi connectivity index (χ1) is 24.8. The predicted octanol–water partition coefficient (Wildman–Crippen LogP) is 12.2. The second kappa shape index (κ2) is 12.7. The normalized spacial score (nSPS) is 11.2. The molecule has 0 aliphatic rings. The van der Waals surface area contributed by atoms with E-state index in [1.54, 1.807) is 0 Å². The first-order valence-corrected chi connectivity index (χ1v) is 16.9. The maximum atomic E-state index is 5.07. The maximum absolute atomic E-state index is 5.07. The Morgan fingerprint density at radius 2 is 0.660 bits per heavy atom. The third-order valence-corrected chi connectivity index (χ3v) is 9.27. The van der Waals surface area contributed by atoms with Crippen LogP contribution >= 0.6 is 0 Å².